The molecular weight excluding hydrogens is 238 g/mol. The lowest BCUT2D eigenvalue weighted by atomic mass is 9.78. The molecule has 0 aliphatic heterocycles. The lowest BCUT2D eigenvalue weighted by Gasteiger charge is -2.32. The Bertz CT molecular complexity index is 457. The van der Waals surface area contributed by atoms with E-state index < -0.39 is 0 Å². The molecule has 0 atom stereocenters. The molecule has 0 aromatic carbocycles. The fourth-order valence-electron chi connectivity index (χ4n) is 2.75. The van der Waals surface area contributed by atoms with E-state index in [1.54, 1.807) is 6.07 Å². The van der Waals surface area contributed by atoms with E-state index in [0.29, 0.717) is 5.82 Å². The smallest absolute Gasteiger partial charge is 0.182 e. The number of aromatic nitrogens is 2. The molecule has 1 aromatic heterocycles. The van der Waals surface area contributed by atoms with Gasteiger partial charge in [-0.2, -0.15) is 5.26 Å². The number of rotatable bonds is 5. The molecule has 0 unspecified atom stereocenters. The van der Waals surface area contributed by atoms with Gasteiger partial charge in [-0.1, -0.05) is 26.7 Å². The van der Waals surface area contributed by atoms with Gasteiger partial charge in [0, 0.05) is 12.6 Å². The number of hydrogen-bond acceptors (Lipinski definition) is 5. The Morgan fingerprint density at radius 1 is 1.32 bits per heavy atom. The molecule has 1 fully saturated rings. The van der Waals surface area contributed by atoms with Gasteiger partial charge in [-0.05, 0) is 24.2 Å². The van der Waals surface area contributed by atoms with Gasteiger partial charge in [0.25, 0.3) is 0 Å². The standard InChI is InChI=1S/C14H21N5/c1-14(2,11-5-3-4-6-11)8-16-12-7-13(17-9-15)19-10-18-12/h7,10-11H,3-6,8H2,1-2H3,(H2,16,17,18,19). The maximum atomic E-state index is 8.57. The third-order valence-corrected chi connectivity index (χ3v) is 4.04. The highest BCUT2D eigenvalue weighted by Gasteiger charge is 2.31. The van der Waals surface area contributed by atoms with Crippen LogP contribution >= 0.6 is 0 Å². The average Bonchev–Trinajstić information content (AvgIpc) is 2.92. The summed E-state index contributed by atoms with van der Waals surface area (Å²) in [5, 5.41) is 14.4. The van der Waals surface area contributed by atoms with Crippen molar-refractivity contribution in [1.82, 2.24) is 9.97 Å². The van der Waals surface area contributed by atoms with Crippen molar-refractivity contribution in [2.75, 3.05) is 17.2 Å². The van der Waals surface area contributed by atoms with E-state index in [-0.39, 0.29) is 5.41 Å². The Balaban J connectivity index is 1.94. The SMILES string of the molecule is CC(C)(CNc1cc(NC#N)ncn1)C1CCCC1. The van der Waals surface area contributed by atoms with Crippen LogP contribution in [-0.4, -0.2) is 16.5 Å². The molecule has 0 bridgehead atoms. The molecule has 2 rings (SSSR count). The van der Waals surface area contributed by atoms with Crippen LogP contribution in [0.15, 0.2) is 12.4 Å². The highest BCUT2D eigenvalue weighted by Crippen LogP contribution is 2.39. The van der Waals surface area contributed by atoms with Gasteiger partial charge in [-0.3, -0.25) is 5.32 Å². The van der Waals surface area contributed by atoms with E-state index in [4.69, 9.17) is 5.26 Å². The van der Waals surface area contributed by atoms with Crippen molar-refractivity contribution in [3.8, 4) is 6.19 Å². The van der Waals surface area contributed by atoms with Gasteiger partial charge < -0.3 is 5.32 Å². The summed E-state index contributed by atoms with van der Waals surface area (Å²) in [5.74, 6) is 2.08. The van der Waals surface area contributed by atoms with Crippen LogP contribution < -0.4 is 10.6 Å². The number of anilines is 2. The van der Waals surface area contributed by atoms with Crippen LogP contribution in [0.4, 0.5) is 11.6 Å². The first-order valence-corrected chi connectivity index (χ1v) is 6.83. The van der Waals surface area contributed by atoms with Crippen LogP contribution in [0, 0.1) is 22.8 Å². The minimum absolute atomic E-state index is 0.268. The molecule has 0 amide bonds. The quantitative estimate of drug-likeness (QED) is 0.628. The molecule has 1 aromatic rings. The van der Waals surface area contributed by atoms with Gasteiger partial charge in [0.1, 0.15) is 18.0 Å². The topological polar surface area (TPSA) is 73.6 Å². The first-order chi connectivity index (χ1) is 9.12. The van der Waals surface area contributed by atoms with Crippen molar-refractivity contribution in [1.29, 1.82) is 5.26 Å². The zero-order valence-corrected chi connectivity index (χ0v) is 11.6. The van der Waals surface area contributed by atoms with Crippen molar-refractivity contribution in [2.45, 2.75) is 39.5 Å². The third kappa shape index (κ3) is 3.57. The van der Waals surface area contributed by atoms with Crippen LogP contribution in [0.2, 0.25) is 0 Å². The summed E-state index contributed by atoms with van der Waals surface area (Å²) in [6.07, 6.45) is 8.71. The maximum Gasteiger partial charge on any atom is 0.182 e. The summed E-state index contributed by atoms with van der Waals surface area (Å²) in [5.41, 5.74) is 0.268. The van der Waals surface area contributed by atoms with Crippen LogP contribution in [0.5, 0.6) is 0 Å². The van der Waals surface area contributed by atoms with Gasteiger partial charge in [0.15, 0.2) is 6.19 Å². The second-order valence-electron chi connectivity index (χ2n) is 5.85. The second-order valence-corrected chi connectivity index (χ2v) is 5.85. The molecule has 1 aliphatic rings. The zero-order chi connectivity index (χ0) is 13.7. The first-order valence-electron chi connectivity index (χ1n) is 6.83. The molecule has 102 valence electrons. The number of nitrogens with one attached hydrogen (secondary N) is 2. The predicted octanol–water partition coefficient (Wildman–Crippen LogP) is 3.00. The van der Waals surface area contributed by atoms with E-state index in [2.05, 4.69) is 34.4 Å². The van der Waals surface area contributed by atoms with Crippen LogP contribution in [0.25, 0.3) is 0 Å². The minimum Gasteiger partial charge on any atom is -0.369 e. The van der Waals surface area contributed by atoms with Crippen LogP contribution in [0.1, 0.15) is 39.5 Å². The Morgan fingerprint density at radius 3 is 2.68 bits per heavy atom. The Labute approximate surface area is 114 Å². The molecule has 19 heavy (non-hydrogen) atoms. The van der Waals surface area contributed by atoms with Gasteiger partial charge >= 0.3 is 0 Å². The Morgan fingerprint density at radius 2 is 2.00 bits per heavy atom. The van der Waals surface area contributed by atoms with Gasteiger partial charge in [0.2, 0.25) is 0 Å². The first kappa shape index (κ1) is 13.6. The lowest BCUT2D eigenvalue weighted by molar-refractivity contribution is 0.234. The lowest BCUT2D eigenvalue weighted by Crippen LogP contribution is -2.30. The summed E-state index contributed by atoms with van der Waals surface area (Å²) in [7, 11) is 0. The predicted molar refractivity (Wildman–Crippen MR) is 75.5 cm³/mol. The third-order valence-electron chi connectivity index (χ3n) is 4.04. The summed E-state index contributed by atoms with van der Waals surface area (Å²) in [6, 6.07) is 1.76. The molecule has 1 aliphatic carbocycles. The normalized spacial score (nSPS) is 16.1. The van der Waals surface area contributed by atoms with Crippen molar-refractivity contribution < 1.29 is 0 Å². The summed E-state index contributed by atoms with van der Waals surface area (Å²) in [6.45, 7) is 5.51. The van der Waals surface area contributed by atoms with Crippen molar-refractivity contribution in [2.24, 2.45) is 11.3 Å². The molecule has 0 saturated heterocycles. The van der Waals surface area contributed by atoms with Gasteiger partial charge in [0.05, 0.1) is 0 Å². The fourth-order valence-corrected chi connectivity index (χ4v) is 2.75. The number of nitriles is 1. The van der Waals surface area contributed by atoms with Crippen molar-refractivity contribution >= 4 is 11.6 Å². The molecule has 1 heterocycles. The summed E-state index contributed by atoms with van der Waals surface area (Å²) < 4.78 is 0. The second kappa shape index (κ2) is 5.87. The van der Waals surface area contributed by atoms with Crippen LogP contribution in [-0.2, 0) is 0 Å². The highest BCUT2D eigenvalue weighted by molar-refractivity contribution is 5.48. The zero-order valence-electron chi connectivity index (χ0n) is 11.6. The molecular formula is C14H21N5. The monoisotopic (exact) mass is 259 g/mol. The minimum atomic E-state index is 0.268. The molecule has 0 spiro atoms. The number of nitrogens with zero attached hydrogens (tertiary/aromatic N) is 3. The largest absolute Gasteiger partial charge is 0.369 e. The van der Waals surface area contributed by atoms with E-state index in [9.17, 15) is 0 Å². The van der Waals surface area contributed by atoms with Gasteiger partial charge in [-0.15, -0.1) is 0 Å². The molecule has 0 radical (unpaired) electrons. The van der Waals surface area contributed by atoms with Crippen molar-refractivity contribution in [3.05, 3.63) is 12.4 Å². The molecule has 5 heteroatoms. The summed E-state index contributed by atoms with van der Waals surface area (Å²) in [4.78, 5) is 8.15. The van der Waals surface area contributed by atoms with Crippen molar-refractivity contribution in [3.63, 3.8) is 0 Å². The van der Waals surface area contributed by atoms with Gasteiger partial charge in [-0.25, -0.2) is 9.97 Å². The molecule has 1 saturated carbocycles. The highest BCUT2D eigenvalue weighted by atomic mass is 15.1. The molecule has 5 nitrogen and oxygen atoms in total. The van der Waals surface area contributed by atoms with E-state index >= 15 is 0 Å². The fraction of sp³-hybridized carbons (Fsp3) is 0.643. The van der Waals surface area contributed by atoms with E-state index in [0.717, 1.165) is 18.3 Å². The molecule has 2 N–H and O–H groups in total. The van der Waals surface area contributed by atoms with E-state index in [1.165, 1.54) is 32.0 Å². The Hall–Kier alpha value is -1.83. The summed E-state index contributed by atoms with van der Waals surface area (Å²) >= 11 is 0. The number of hydrogen-bond donors (Lipinski definition) is 2. The van der Waals surface area contributed by atoms with E-state index in [1.807, 2.05) is 6.19 Å². The maximum absolute atomic E-state index is 8.57. The Kier molecular flexibility index (Phi) is 4.20. The van der Waals surface area contributed by atoms with Crippen LogP contribution in [0.3, 0.4) is 0 Å². The average molecular weight is 259 g/mol.